The maximum absolute atomic E-state index is 11.5. The summed E-state index contributed by atoms with van der Waals surface area (Å²) in [6, 6.07) is 5.44. The number of rotatable bonds is 3. The molecule has 5 nitrogen and oxygen atoms in total. The Balaban J connectivity index is 2.16. The fraction of sp³-hybridized carbons (Fsp3) is 0.500. The van der Waals surface area contributed by atoms with E-state index >= 15 is 0 Å². The maximum Gasteiger partial charge on any atom is 0.211 e. The standard InChI is InChI=1S/C12H17ClN2O3S/c1-18-12-4-3-10(13)9-11(12)14-5-7-15(8-6-14)19(2,16)17/h3-4,9H,5-8H2,1-2H3. The van der Waals surface area contributed by atoms with Gasteiger partial charge in [0.15, 0.2) is 0 Å². The monoisotopic (exact) mass is 304 g/mol. The summed E-state index contributed by atoms with van der Waals surface area (Å²) in [6.45, 7) is 2.22. The number of methoxy groups -OCH3 is 1. The third-order valence-electron chi connectivity index (χ3n) is 3.19. The lowest BCUT2D eigenvalue weighted by Crippen LogP contribution is -2.48. The van der Waals surface area contributed by atoms with E-state index in [9.17, 15) is 8.42 Å². The summed E-state index contributed by atoms with van der Waals surface area (Å²) < 4.78 is 29.7. The molecule has 1 aromatic carbocycles. The van der Waals surface area contributed by atoms with Gasteiger partial charge in [0, 0.05) is 31.2 Å². The van der Waals surface area contributed by atoms with Crippen LogP contribution in [0.3, 0.4) is 0 Å². The molecule has 19 heavy (non-hydrogen) atoms. The van der Waals surface area contributed by atoms with Crippen molar-refractivity contribution in [2.75, 3.05) is 44.4 Å². The summed E-state index contributed by atoms with van der Waals surface area (Å²) in [7, 11) is -1.50. The zero-order valence-corrected chi connectivity index (χ0v) is 12.5. The van der Waals surface area contributed by atoms with Gasteiger partial charge in [-0.15, -0.1) is 0 Å². The van der Waals surface area contributed by atoms with E-state index in [1.165, 1.54) is 10.6 Å². The molecule has 7 heteroatoms. The van der Waals surface area contributed by atoms with Gasteiger partial charge in [-0.25, -0.2) is 8.42 Å². The van der Waals surface area contributed by atoms with Crippen LogP contribution in [0.15, 0.2) is 18.2 Å². The summed E-state index contributed by atoms with van der Waals surface area (Å²) >= 11 is 6.01. The van der Waals surface area contributed by atoms with Crippen LogP contribution in [0.1, 0.15) is 0 Å². The summed E-state index contributed by atoms with van der Waals surface area (Å²) in [4.78, 5) is 2.09. The van der Waals surface area contributed by atoms with Crippen molar-refractivity contribution in [3.05, 3.63) is 23.2 Å². The first kappa shape index (κ1) is 14.4. The number of piperazine rings is 1. The van der Waals surface area contributed by atoms with Crippen LogP contribution in [0.25, 0.3) is 0 Å². The number of hydrogen-bond donors (Lipinski definition) is 0. The largest absolute Gasteiger partial charge is 0.495 e. The molecule has 1 aliphatic heterocycles. The van der Waals surface area contributed by atoms with E-state index in [4.69, 9.17) is 16.3 Å². The van der Waals surface area contributed by atoms with E-state index in [-0.39, 0.29) is 0 Å². The van der Waals surface area contributed by atoms with Crippen LogP contribution in [-0.2, 0) is 10.0 Å². The number of ether oxygens (including phenoxy) is 1. The van der Waals surface area contributed by atoms with Crippen molar-refractivity contribution >= 4 is 27.3 Å². The minimum Gasteiger partial charge on any atom is -0.495 e. The van der Waals surface area contributed by atoms with E-state index in [2.05, 4.69) is 4.90 Å². The minimum absolute atomic E-state index is 0.481. The van der Waals surface area contributed by atoms with E-state index in [1.807, 2.05) is 12.1 Å². The molecule has 0 atom stereocenters. The molecular weight excluding hydrogens is 288 g/mol. The number of anilines is 1. The van der Waals surface area contributed by atoms with E-state index < -0.39 is 10.0 Å². The molecule has 0 aliphatic carbocycles. The molecule has 106 valence electrons. The summed E-state index contributed by atoms with van der Waals surface area (Å²) in [5, 5.41) is 0.640. The number of nitrogens with zero attached hydrogens (tertiary/aromatic N) is 2. The van der Waals surface area contributed by atoms with Crippen molar-refractivity contribution < 1.29 is 13.2 Å². The Bertz CT molecular complexity index is 554. The second-order valence-electron chi connectivity index (χ2n) is 4.47. The first-order chi connectivity index (χ1) is 8.91. The molecule has 0 aromatic heterocycles. The molecule has 0 N–H and O–H groups in total. The minimum atomic E-state index is -3.11. The molecule has 1 heterocycles. The number of sulfonamides is 1. The van der Waals surface area contributed by atoms with Crippen LogP contribution in [0.4, 0.5) is 5.69 Å². The smallest absolute Gasteiger partial charge is 0.211 e. The van der Waals surface area contributed by atoms with Crippen LogP contribution >= 0.6 is 11.6 Å². The highest BCUT2D eigenvalue weighted by molar-refractivity contribution is 7.88. The van der Waals surface area contributed by atoms with Gasteiger partial charge in [-0.2, -0.15) is 4.31 Å². The van der Waals surface area contributed by atoms with Gasteiger partial charge in [-0.1, -0.05) is 11.6 Å². The van der Waals surface area contributed by atoms with Gasteiger partial charge in [0.05, 0.1) is 19.1 Å². The van der Waals surface area contributed by atoms with Crippen molar-refractivity contribution in [2.24, 2.45) is 0 Å². The average molecular weight is 305 g/mol. The van der Waals surface area contributed by atoms with Crippen molar-refractivity contribution in [1.29, 1.82) is 0 Å². The molecule has 1 aliphatic rings. The summed E-state index contributed by atoms with van der Waals surface area (Å²) in [5.41, 5.74) is 0.906. The molecule has 0 bridgehead atoms. The number of benzene rings is 1. The maximum atomic E-state index is 11.5. The highest BCUT2D eigenvalue weighted by Gasteiger charge is 2.24. The lowest BCUT2D eigenvalue weighted by atomic mass is 10.2. The normalized spacial score (nSPS) is 17.5. The fourth-order valence-electron chi connectivity index (χ4n) is 2.17. The Morgan fingerprint density at radius 3 is 2.37 bits per heavy atom. The van der Waals surface area contributed by atoms with Gasteiger partial charge in [0.1, 0.15) is 5.75 Å². The highest BCUT2D eigenvalue weighted by atomic mass is 35.5. The molecule has 0 radical (unpaired) electrons. The Kier molecular flexibility index (Phi) is 4.23. The Morgan fingerprint density at radius 2 is 1.84 bits per heavy atom. The molecule has 1 aromatic rings. The Labute approximate surface area is 118 Å². The molecular formula is C12H17ClN2O3S. The van der Waals surface area contributed by atoms with Gasteiger partial charge in [0.2, 0.25) is 10.0 Å². The lowest BCUT2D eigenvalue weighted by molar-refractivity contribution is 0.381. The van der Waals surface area contributed by atoms with Crippen LogP contribution in [0.5, 0.6) is 5.75 Å². The molecule has 0 unspecified atom stereocenters. The third-order valence-corrected chi connectivity index (χ3v) is 4.73. The quantitative estimate of drug-likeness (QED) is 0.848. The zero-order chi connectivity index (χ0) is 14.0. The number of hydrogen-bond acceptors (Lipinski definition) is 4. The molecule has 0 saturated carbocycles. The lowest BCUT2D eigenvalue weighted by Gasteiger charge is -2.35. The number of halogens is 1. The highest BCUT2D eigenvalue weighted by Crippen LogP contribution is 2.31. The average Bonchev–Trinajstić information content (AvgIpc) is 2.38. The second kappa shape index (κ2) is 5.56. The molecule has 0 amide bonds. The molecule has 2 rings (SSSR count). The van der Waals surface area contributed by atoms with Gasteiger partial charge in [0.25, 0.3) is 0 Å². The zero-order valence-electron chi connectivity index (χ0n) is 11.0. The molecule has 1 fully saturated rings. The third kappa shape index (κ3) is 3.32. The topological polar surface area (TPSA) is 49.9 Å². The van der Waals surface area contributed by atoms with Crippen molar-refractivity contribution in [3.8, 4) is 5.75 Å². The SMILES string of the molecule is COc1ccc(Cl)cc1N1CCN(S(C)(=O)=O)CC1. The van der Waals surface area contributed by atoms with Gasteiger partial charge in [-0.3, -0.25) is 0 Å². The van der Waals surface area contributed by atoms with Crippen LogP contribution in [0.2, 0.25) is 5.02 Å². The summed E-state index contributed by atoms with van der Waals surface area (Å²) in [5.74, 6) is 0.747. The first-order valence-corrected chi connectivity index (χ1v) is 8.18. The first-order valence-electron chi connectivity index (χ1n) is 5.95. The molecule has 0 spiro atoms. The van der Waals surface area contributed by atoms with Crippen molar-refractivity contribution in [3.63, 3.8) is 0 Å². The van der Waals surface area contributed by atoms with Crippen molar-refractivity contribution in [2.45, 2.75) is 0 Å². The van der Waals surface area contributed by atoms with E-state index in [1.54, 1.807) is 13.2 Å². The van der Waals surface area contributed by atoms with Gasteiger partial charge >= 0.3 is 0 Å². The van der Waals surface area contributed by atoms with Crippen LogP contribution in [0, 0.1) is 0 Å². The van der Waals surface area contributed by atoms with E-state index in [0.29, 0.717) is 31.2 Å². The van der Waals surface area contributed by atoms with Gasteiger partial charge < -0.3 is 9.64 Å². The summed E-state index contributed by atoms with van der Waals surface area (Å²) in [6.07, 6.45) is 1.24. The van der Waals surface area contributed by atoms with Crippen molar-refractivity contribution in [1.82, 2.24) is 4.31 Å². The van der Waals surface area contributed by atoms with Crippen LogP contribution in [-0.4, -0.2) is 52.3 Å². The Morgan fingerprint density at radius 1 is 1.21 bits per heavy atom. The fourth-order valence-corrected chi connectivity index (χ4v) is 3.16. The predicted molar refractivity (Wildman–Crippen MR) is 76.6 cm³/mol. The molecule has 1 saturated heterocycles. The predicted octanol–water partition coefficient (Wildman–Crippen LogP) is 1.43. The van der Waals surface area contributed by atoms with Gasteiger partial charge in [-0.05, 0) is 18.2 Å². The Hall–Kier alpha value is -0.980. The second-order valence-corrected chi connectivity index (χ2v) is 6.88. The van der Waals surface area contributed by atoms with E-state index in [0.717, 1.165) is 11.4 Å². The van der Waals surface area contributed by atoms with Crippen LogP contribution < -0.4 is 9.64 Å².